The Labute approximate surface area is 95.5 Å². The zero-order chi connectivity index (χ0) is 10.4. The molecule has 14 heavy (non-hydrogen) atoms. The number of rotatable bonds is 5. The Morgan fingerprint density at radius 1 is 1.36 bits per heavy atom. The maximum Gasteiger partial charge on any atom is 0.0600 e. The van der Waals surface area contributed by atoms with Gasteiger partial charge in [-0.1, -0.05) is 22.9 Å². The van der Waals surface area contributed by atoms with Gasteiger partial charge in [0, 0.05) is 12.4 Å². The highest BCUT2D eigenvalue weighted by molar-refractivity contribution is 9.09. The molecule has 0 spiro atoms. The van der Waals surface area contributed by atoms with Gasteiger partial charge in [-0.2, -0.15) is 0 Å². The summed E-state index contributed by atoms with van der Waals surface area (Å²) in [6.45, 7) is 3.07. The van der Waals surface area contributed by atoms with Crippen LogP contribution in [0.3, 0.4) is 0 Å². The van der Waals surface area contributed by atoms with Gasteiger partial charge in [-0.15, -0.1) is 0 Å². The highest BCUT2D eigenvalue weighted by Gasteiger charge is 2.22. The molecule has 0 saturated heterocycles. The van der Waals surface area contributed by atoms with Gasteiger partial charge in [0.05, 0.1) is 18.8 Å². The zero-order valence-electron chi connectivity index (χ0n) is 9.17. The summed E-state index contributed by atoms with van der Waals surface area (Å²) in [7, 11) is 1.80. The molecule has 0 aromatic rings. The Morgan fingerprint density at radius 3 is 2.71 bits per heavy atom. The molecule has 3 heteroatoms. The summed E-state index contributed by atoms with van der Waals surface area (Å²) >= 11 is 3.46. The van der Waals surface area contributed by atoms with Gasteiger partial charge in [-0.05, 0) is 31.6 Å². The van der Waals surface area contributed by atoms with Gasteiger partial charge in [-0.3, -0.25) is 0 Å². The molecule has 3 unspecified atom stereocenters. The van der Waals surface area contributed by atoms with Crippen LogP contribution in [-0.2, 0) is 9.47 Å². The van der Waals surface area contributed by atoms with Crippen molar-refractivity contribution in [3.8, 4) is 0 Å². The molecule has 0 aromatic carbocycles. The van der Waals surface area contributed by atoms with Crippen molar-refractivity contribution in [3.05, 3.63) is 0 Å². The van der Waals surface area contributed by atoms with Crippen LogP contribution in [0.4, 0.5) is 0 Å². The van der Waals surface area contributed by atoms with E-state index in [1.165, 1.54) is 19.3 Å². The fourth-order valence-corrected chi connectivity index (χ4v) is 2.00. The summed E-state index contributed by atoms with van der Waals surface area (Å²) in [5.41, 5.74) is 0. The molecule has 1 aliphatic rings. The summed E-state index contributed by atoms with van der Waals surface area (Å²) in [4.78, 5) is 0. The second-order valence-corrected chi connectivity index (χ2v) is 4.89. The predicted octanol–water partition coefficient (Wildman–Crippen LogP) is 2.99. The monoisotopic (exact) mass is 264 g/mol. The summed E-state index contributed by atoms with van der Waals surface area (Å²) < 4.78 is 11.2. The van der Waals surface area contributed by atoms with Crippen molar-refractivity contribution < 1.29 is 9.47 Å². The van der Waals surface area contributed by atoms with Crippen molar-refractivity contribution in [3.63, 3.8) is 0 Å². The molecular formula is C11H21BrO2. The normalized spacial score (nSPS) is 30.2. The van der Waals surface area contributed by atoms with Gasteiger partial charge in [0.15, 0.2) is 0 Å². The Morgan fingerprint density at radius 2 is 2.07 bits per heavy atom. The third-order valence-electron chi connectivity index (χ3n) is 2.79. The van der Waals surface area contributed by atoms with Crippen LogP contribution >= 0.6 is 15.9 Å². The lowest BCUT2D eigenvalue weighted by Gasteiger charge is -2.28. The zero-order valence-corrected chi connectivity index (χ0v) is 10.8. The van der Waals surface area contributed by atoms with Crippen LogP contribution in [0.1, 0.15) is 32.6 Å². The molecule has 0 bridgehead atoms. The molecule has 0 N–H and O–H groups in total. The first-order chi connectivity index (χ1) is 6.76. The van der Waals surface area contributed by atoms with Crippen LogP contribution in [-0.4, -0.2) is 31.3 Å². The number of alkyl halides is 1. The molecule has 1 aliphatic carbocycles. The molecule has 3 atom stereocenters. The number of ether oxygens (including phenoxy) is 2. The Hall–Kier alpha value is 0.400. The van der Waals surface area contributed by atoms with Crippen molar-refractivity contribution >= 4 is 15.9 Å². The number of halogens is 1. The smallest absolute Gasteiger partial charge is 0.0600 e. The number of hydrogen-bond acceptors (Lipinski definition) is 2. The van der Waals surface area contributed by atoms with Crippen molar-refractivity contribution in [2.45, 2.75) is 44.8 Å². The maximum absolute atomic E-state index is 5.86. The fourth-order valence-electron chi connectivity index (χ4n) is 1.81. The summed E-state index contributed by atoms with van der Waals surface area (Å²) in [6, 6.07) is 0. The lowest BCUT2D eigenvalue weighted by Crippen LogP contribution is -2.28. The maximum atomic E-state index is 5.86. The van der Waals surface area contributed by atoms with E-state index in [9.17, 15) is 0 Å². The number of methoxy groups -OCH3 is 1. The van der Waals surface area contributed by atoms with Crippen LogP contribution in [0.2, 0.25) is 0 Å². The third kappa shape index (κ3) is 4.28. The SMILES string of the molecule is COC1CCCC(OCC(C)CBr)C1. The molecule has 1 saturated carbocycles. The fraction of sp³-hybridized carbons (Fsp3) is 1.00. The van der Waals surface area contributed by atoms with Gasteiger partial charge in [0.2, 0.25) is 0 Å². The van der Waals surface area contributed by atoms with Crippen LogP contribution < -0.4 is 0 Å². The van der Waals surface area contributed by atoms with Gasteiger partial charge < -0.3 is 9.47 Å². The van der Waals surface area contributed by atoms with Crippen molar-refractivity contribution in [1.29, 1.82) is 0 Å². The Balaban J connectivity index is 2.17. The summed E-state index contributed by atoms with van der Waals surface area (Å²) in [5.74, 6) is 0.609. The highest BCUT2D eigenvalue weighted by atomic mass is 79.9. The topological polar surface area (TPSA) is 18.5 Å². The van der Waals surface area contributed by atoms with Gasteiger partial charge in [-0.25, -0.2) is 0 Å². The first-order valence-electron chi connectivity index (χ1n) is 5.46. The molecule has 1 fully saturated rings. The molecule has 0 aromatic heterocycles. The van der Waals surface area contributed by atoms with E-state index in [0.29, 0.717) is 18.1 Å². The number of hydrogen-bond donors (Lipinski definition) is 0. The lowest BCUT2D eigenvalue weighted by atomic mass is 9.95. The van der Waals surface area contributed by atoms with E-state index in [2.05, 4.69) is 22.9 Å². The molecule has 0 amide bonds. The molecule has 0 radical (unpaired) electrons. The lowest BCUT2D eigenvalue weighted by molar-refractivity contribution is -0.0364. The first kappa shape index (κ1) is 12.5. The average Bonchev–Trinajstić information content (AvgIpc) is 2.26. The van der Waals surface area contributed by atoms with Crippen molar-refractivity contribution in [2.75, 3.05) is 19.0 Å². The molecule has 2 nitrogen and oxygen atoms in total. The minimum atomic E-state index is 0.424. The quantitative estimate of drug-likeness (QED) is 0.711. The second-order valence-electron chi connectivity index (χ2n) is 4.24. The molecular weight excluding hydrogens is 244 g/mol. The third-order valence-corrected chi connectivity index (χ3v) is 3.90. The summed E-state index contributed by atoms with van der Waals surface area (Å²) in [6.07, 6.45) is 5.57. The molecule has 1 rings (SSSR count). The molecule has 0 aliphatic heterocycles. The van der Waals surface area contributed by atoms with Crippen LogP contribution in [0.25, 0.3) is 0 Å². The predicted molar refractivity (Wildman–Crippen MR) is 62.0 cm³/mol. The Kier molecular flexibility index (Phi) is 6.06. The standard InChI is InChI=1S/C11H21BrO2/c1-9(7-12)8-14-11-5-3-4-10(6-11)13-2/h9-11H,3-8H2,1-2H3. The van der Waals surface area contributed by atoms with E-state index < -0.39 is 0 Å². The summed E-state index contributed by atoms with van der Waals surface area (Å²) in [5, 5.41) is 1.02. The molecule has 0 heterocycles. The van der Waals surface area contributed by atoms with Crippen molar-refractivity contribution in [2.24, 2.45) is 5.92 Å². The van der Waals surface area contributed by atoms with Crippen LogP contribution in [0.5, 0.6) is 0 Å². The van der Waals surface area contributed by atoms with Crippen LogP contribution in [0.15, 0.2) is 0 Å². The van der Waals surface area contributed by atoms with Crippen LogP contribution in [0, 0.1) is 5.92 Å². The average molecular weight is 265 g/mol. The highest BCUT2D eigenvalue weighted by Crippen LogP contribution is 2.23. The Bertz CT molecular complexity index is 152. The van der Waals surface area contributed by atoms with E-state index in [0.717, 1.165) is 18.4 Å². The van der Waals surface area contributed by atoms with Crippen molar-refractivity contribution in [1.82, 2.24) is 0 Å². The minimum Gasteiger partial charge on any atom is -0.381 e. The van der Waals surface area contributed by atoms with Gasteiger partial charge >= 0.3 is 0 Å². The van der Waals surface area contributed by atoms with E-state index >= 15 is 0 Å². The van der Waals surface area contributed by atoms with Gasteiger partial charge in [0.1, 0.15) is 0 Å². The molecule has 84 valence electrons. The van der Waals surface area contributed by atoms with E-state index in [4.69, 9.17) is 9.47 Å². The van der Waals surface area contributed by atoms with E-state index in [1.807, 2.05) is 0 Å². The van der Waals surface area contributed by atoms with E-state index in [-0.39, 0.29) is 0 Å². The van der Waals surface area contributed by atoms with Gasteiger partial charge in [0.25, 0.3) is 0 Å². The minimum absolute atomic E-state index is 0.424. The second kappa shape index (κ2) is 6.81. The largest absolute Gasteiger partial charge is 0.381 e. The first-order valence-corrected chi connectivity index (χ1v) is 6.58. The van der Waals surface area contributed by atoms with E-state index in [1.54, 1.807) is 7.11 Å².